The normalized spacial score (nSPS) is 21.5. The van der Waals surface area contributed by atoms with Gasteiger partial charge in [-0.3, -0.25) is 0 Å². The Morgan fingerprint density at radius 3 is 2.80 bits per heavy atom. The Morgan fingerprint density at radius 1 is 1.47 bits per heavy atom. The highest BCUT2D eigenvalue weighted by Crippen LogP contribution is 2.21. The van der Waals surface area contributed by atoms with E-state index in [0.29, 0.717) is 6.04 Å². The van der Waals surface area contributed by atoms with Gasteiger partial charge in [0.15, 0.2) is 0 Å². The van der Waals surface area contributed by atoms with Gasteiger partial charge in [0, 0.05) is 26.7 Å². The maximum atomic E-state index is 11.9. The van der Waals surface area contributed by atoms with Gasteiger partial charge in [-0.1, -0.05) is 0 Å². The number of carbonyl (C=O) groups excluding carboxylic acids is 1. The van der Waals surface area contributed by atoms with Crippen LogP contribution < -0.4 is 5.73 Å². The van der Waals surface area contributed by atoms with Gasteiger partial charge in [0.25, 0.3) is 0 Å². The van der Waals surface area contributed by atoms with Crippen LogP contribution in [0.4, 0.5) is 4.79 Å². The standard InChI is InChI=1S/C11H23N3O/c1-13(2)11(15)14-9-4-3-6-10(14)7-5-8-12/h10H,3-9,12H2,1-2H3. The summed E-state index contributed by atoms with van der Waals surface area (Å²) in [5.41, 5.74) is 5.51. The van der Waals surface area contributed by atoms with Crippen molar-refractivity contribution in [3.63, 3.8) is 0 Å². The average molecular weight is 213 g/mol. The summed E-state index contributed by atoms with van der Waals surface area (Å²) in [5.74, 6) is 0. The van der Waals surface area contributed by atoms with Crippen molar-refractivity contribution in [2.45, 2.75) is 38.1 Å². The SMILES string of the molecule is CN(C)C(=O)N1CCCCC1CCCN. The topological polar surface area (TPSA) is 49.6 Å². The van der Waals surface area contributed by atoms with Crippen LogP contribution in [0, 0.1) is 0 Å². The number of amides is 2. The minimum absolute atomic E-state index is 0.150. The van der Waals surface area contributed by atoms with Gasteiger partial charge in [0.2, 0.25) is 0 Å². The zero-order valence-corrected chi connectivity index (χ0v) is 9.91. The second-order valence-corrected chi connectivity index (χ2v) is 4.45. The van der Waals surface area contributed by atoms with E-state index in [4.69, 9.17) is 5.73 Å². The van der Waals surface area contributed by atoms with Gasteiger partial charge in [0.05, 0.1) is 0 Å². The fourth-order valence-electron chi connectivity index (χ4n) is 2.16. The molecule has 1 atom stereocenters. The lowest BCUT2D eigenvalue weighted by molar-refractivity contribution is 0.124. The molecule has 1 saturated heterocycles. The van der Waals surface area contributed by atoms with E-state index in [0.717, 1.165) is 38.8 Å². The quantitative estimate of drug-likeness (QED) is 0.767. The zero-order valence-electron chi connectivity index (χ0n) is 9.91. The van der Waals surface area contributed by atoms with Gasteiger partial charge in [-0.15, -0.1) is 0 Å². The van der Waals surface area contributed by atoms with Crippen molar-refractivity contribution in [3.8, 4) is 0 Å². The molecule has 0 spiro atoms. The van der Waals surface area contributed by atoms with Crippen LogP contribution in [0.25, 0.3) is 0 Å². The Morgan fingerprint density at radius 2 is 2.20 bits per heavy atom. The maximum absolute atomic E-state index is 11.9. The summed E-state index contributed by atoms with van der Waals surface area (Å²) < 4.78 is 0. The third kappa shape index (κ3) is 3.38. The number of hydrogen-bond acceptors (Lipinski definition) is 2. The fourth-order valence-corrected chi connectivity index (χ4v) is 2.16. The highest BCUT2D eigenvalue weighted by molar-refractivity contribution is 5.74. The molecule has 0 aromatic carbocycles. The molecule has 1 heterocycles. The Bertz CT molecular complexity index is 206. The lowest BCUT2D eigenvalue weighted by Crippen LogP contribution is -2.48. The lowest BCUT2D eigenvalue weighted by atomic mass is 9.98. The van der Waals surface area contributed by atoms with E-state index in [-0.39, 0.29) is 6.03 Å². The molecule has 4 heteroatoms. The van der Waals surface area contributed by atoms with E-state index in [1.165, 1.54) is 6.42 Å². The highest BCUT2D eigenvalue weighted by Gasteiger charge is 2.26. The average Bonchev–Trinajstić information content (AvgIpc) is 2.25. The van der Waals surface area contributed by atoms with Gasteiger partial charge in [-0.05, 0) is 38.6 Å². The minimum atomic E-state index is 0.150. The van der Waals surface area contributed by atoms with E-state index >= 15 is 0 Å². The second-order valence-electron chi connectivity index (χ2n) is 4.45. The molecule has 88 valence electrons. The van der Waals surface area contributed by atoms with Crippen molar-refractivity contribution in [3.05, 3.63) is 0 Å². The smallest absolute Gasteiger partial charge is 0.319 e. The second kappa shape index (κ2) is 5.95. The highest BCUT2D eigenvalue weighted by atomic mass is 16.2. The summed E-state index contributed by atoms with van der Waals surface area (Å²) in [4.78, 5) is 15.6. The molecule has 0 saturated carbocycles. The van der Waals surface area contributed by atoms with Crippen molar-refractivity contribution in [1.29, 1.82) is 0 Å². The minimum Gasteiger partial charge on any atom is -0.331 e. The number of nitrogens with two attached hydrogens (primary N) is 1. The number of nitrogens with zero attached hydrogens (tertiary/aromatic N) is 2. The van der Waals surface area contributed by atoms with E-state index in [1.54, 1.807) is 4.90 Å². The van der Waals surface area contributed by atoms with E-state index < -0.39 is 0 Å². The predicted molar refractivity (Wildman–Crippen MR) is 61.7 cm³/mol. The summed E-state index contributed by atoms with van der Waals surface area (Å²) in [6, 6.07) is 0.564. The monoisotopic (exact) mass is 213 g/mol. The summed E-state index contributed by atoms with van der Waals surface area (Å²) in [7, 11) is 3.63. The van der Waals surface area contributed by atoms with Gasteiger partial charge in [-0.25, -0.2) is 4.79 Å². The molecule has 0 aromatic rings. The van der Waals surface area contributed by atoms with Gasteiger partial charge < -0.3 is 15.5 Å². The van der Waals surface area contributed by atoms with Crippen LogP contribution in [0.2, 0.25) is 0 Å². The van der Waals surface area contributed by atoms with E-state index in [2.05, 4.69) is 0 Å². The van der Waals surface area contributed by atoms with Gasteiger partial charge in [-0.2, -0.15) is 0 Å². The molecule has 2 amide bonds. The first kappa shape index (κ1) is 12.3. The van der Waals surface area contributed by atoms with E-state index in [1.807, 2.05) is 19.0 Å². The third-order valence-electron chi connectivity index (χ3n) is 3.00. The molecule has 0 bridgehead atoms. The van der Waals surface area contributed by atoms with E-state index in [9.17, 15) is 4.79 Å². The Labute approximate surface area is 92.4 Å². The Balaban J connectivity index is 2.53. The summed E-state index contributed by atoms with van der Waals surface area (Å²) in [5, 5.41) is 0. The van der Waals surface area contributed by atoms with Crippen LogP contribution >= 0.6 is 0 Å². The molecule has 1 unspecified atom stereocenters. The molecule has 15 heavy (non-hydrogen) atoms. The Hall–Kier alpha value is -0.770. The molecule has 1 aliphatic heterocycles. The van der Waals surface area contributed by atoms with Crippen LogP contribution in [-0.4, -0.2) is 49.1 Å². The molecule has 1 fully saturated rings. The number of piperidine rings is 1. The van der Waals surface area contributed by atoms with Crippen LogP contribution in [0.3, 0.4) is 0 Å². The largest absolute Gasteiger partial charge is 0.331 e. The number of urea groups is 1. The predicted octanol–water partition coefficient (Wildman–Crippen LogP) is 1.26. The lowest BCUT2D eigenvalue weighted by Gasteiger charge is -2.37. The maximum Gasteiger partial charge on any atom is 0.319 e. The van der Waals surface area contributed by atoms with Crippen molar-refractivity contribution < 1.29 is 4.79 Å². The first-order valence-electron chi connectivity index (χ1n) is 5.84. The first-order valence-corrected chi connectivity index (χ1v) is 5.84. The van der Waals surface area contributed by atoms with Crippen molar-refractivity contribution >= 4 is 6.03 Å². The molecule has 2 N–H and O–H groups in total. The van der Waals surface area contributed by atoms with Crippen LogP contribution in [-0.2, 0) is 0 Å². The van der Waals surface area contributed by atoms with Crippen LogP contribution in [0.15, 0.2) is 0 Å². The van der Waals surface area contributed by atoms with Gasteiger partial charge >= 0.3 is 6.03 Å². The summed E-state index contributed by atoms with van der Waals surface area (Å²) in [6.07, 6.45) is 5.59. The molecule has 4 nitrogen and oxygen atoms in total. The number of likely N-dealkylation sites (tertiary alicyclic amines) is 1. The van der Waals surface area contributed by atoms with Crippen molar-refractivity contribution in [2.24, 2.45) is 5.73 Å². The summed E-state index contributed by atoms with van der Waals surface area (Å²) >= 11 is 0. The van der Waals surface area contributed by atoms with Crippen molar-refractivity contribution in [1.82, 2.24) is 9.80 Å². The first-order chi connectivity index (χ1) is 7.16. The molecule has 1 aliphatic rings. The van der Waals surface area contributed by atoms with Gasteiger partial charge in [0.1, 0.15) is 0 Å². The third-order valence-corrected chi connectivity index (χ3v) is 3.00. The number of carbonyl (C=O) groups is 1. The molecule has 1 rings (SSSR count). The molecule has 0 radical (unpaired) electrons. The molecule has 0 aliphatic carbocycles. The van der Waals surface area contributed by atoms with Crippen LogP contribution in [0.1, 0.15) is 32.1 Å². The van der Waals surface area contributed by atoms with Crippen LogP contribution in [0.5, 0.6) is 0 Å². The molecule has 0 aromatic heterocycles. The number of hydrogen-bond donors (Lipinski definition) is 1. The fraction of sp³-hybridized carbons (Fsp3) is 0.909. The summed E-state index contributed by atoms with van der Waals surface area (Å²) in [6.45, 7) is 1.63. The Kier molecular flexibility index (Phi) is 4.88. The molecular formula is C11H23N3O. The zero-order chi connectivity index (χ0) is 11.3. The molecular weight excluding hydrogens is 190 g/mol. The van der Waals surface area contributed by atoms with Crippen molar-refractivity contribution in [2.75, 3.05) is 27.2 Å². The number of rotatable bonds is 3.